The van der Waals surface area contributed by atoms with Crippen LogP contribution in [0.3, 0.4) is 0 Å². The number of hydrogen-bond donors (Lipinski definition) is 1. The quantitative estimate of drug-likeness (QED) is 0.520. The van der Waals surface area contributed by atoms with E-state index >= 15 is 0 Å². The molecule has 0 saturated carbocycles. The molecule has 0 saturated heterocycles. The maximum Gasteiger partial charge on any atom is 0.269 e. The Balaban J connectivity index is 1.86. The fraction of sp³-hybridized carbons (Fsp3) is 0.133. The Bertz CT molecular complexity index is 671. The summed E-state index contributed by atoms with van der Waals surface area (Å²) in [6.45, 7) is 2.13. The first kappa shape index (κ1) is 14.5. The molecule has 108 valence electrons. The van der Waals surface area contributed by atoms with Crippen molar-refractivity contribution in [3.63, 3.8) is 0 Å². The molecule has 0 bridgehead atoms. The van der Waals surface area contributed by atoms with E-state index in [4.69, 9.17) is 4.42 Å². The van der Waals surface area contributed by atoms with Gasteiger partial charge < -0.3 is 9.73 Å². The summed E-state index contributed by atoms with van der Waals surface area (Å²) in [6.07, 6.45) is 2.96. The van der Waals surface area contributed by atoms with Gasteiger partial charge in [0.05, 0.1) is 4.92 Å². The number of benzene rings is 1. The lowest BCUT2D eigenvalue weighted by Crippen LogP contribution is -2.20. The fourth-order valence-electron chi connectivity index (χ4n) is 1.68. The SMILES string of the molecule is Cc1ccc(/C=C/C(=O)NCc2ccc([N+](=O)[O-])cc2)o1. The highest BCUT2D eigenvalue weighted by Gasteiger charge is 2.04. The number of rotatable bonds is 5. The van der Waals surface area contributed by atoms with Crippen molar-refractivity contribution >= 4 is 17.7 Å². The third kappa shape index (κ3) is 4.31. The maximum absolute atomic E-state index is 11.6. The first-order valence-electron chi connectivity index (χ1n) is 6.30. The van der Waals surface area contributed by atoms with E-state index in [2.05, 4.69) is 5.32 Å². The van der Waals surface area contributed by atoms with Gasteiger partial charge >= 0.3 is 0 Å². The minimum absolute atomic E-state index is 0.0261. The van der Waals surface area contributed by atoms with E-state index in [0.717, 1.165) is 11.3 Å². The summed E-state index contributed by atoms with van der Waals surface area (Å²) >= 11 is 0. The van der Waals surface area contributed by atoms with Crippen LogP contribution in [0.4, 0.5) is 5.69 Å². The Kier molecular flexibility index (Phi) is 4.50. The molecule has 1 amide bonds. The number of nitrogens with one attached hydrogen (secondary N) is 1. The average molecular weight is 286 g/mol. The first-order valence-corrected chi connectivity index (χ1v) is 6.30. The third-order valence-corrected chi connectivity index (χ3v) is 2.77. The molecule has 0 spiro atoms. The molecule has 0 aliphatic carbocycles. The van der Waals surface area contributed by atoms with Gasteiger partial charge in [0.25, 0.3) is 5.69 Å². The van der Waals surface area contributed by atoms with Gasteiger partial charge in [-0.1, -0.05) is 12.1 Å². The van der Waals surface area contributed by atoms with Gasteiger partial charge in [-0.15, -0.1) is 0 Å². The van der Waals surface area contributed by atoms with Crippen LogP contribution in [0.25, 0.3) is 6.08 Å². The molecule has 0 atom stereocenters. The summed E-state index contributed by atoms with van der Waals surface area (Å²) in [4.78, 5) is 21.7. The molecular formula is C15H14N2O4. The standard InChI is InChI=1S/C15H14N2O4/c1-11-2-7-14(21-11)8-9-15(18)16-10-12-3-5-13(6-4-12)17(19)20/h2-9H,10H2,1H3,(H,16,18)/b9-8+. The van der Waals surface area contributed by atoms with Crippen molar-refractivity contribution in [3.8, 4) is 0 Å². The van der Waals surface area contributed by atoms with Crippen molar-refractivity contribution in [2.45, 2.75) is 13.5 Å². The highest BCUT2D eigenvalue weighted by Crippen LogP contribution is 2.11. The number of carbonyl (C=O) groups is 1. The second kappa shape index (κ2) is 6.51. The second-order valence-corrected chi connectivity index (χ2v) is 4.42. The summed E-state index contributed by atoms with van der Waals surface area (Å²) in [5.74, 6) is 1.13. The van der Waals surface area contributed by atoms with E-state index in [1.165, 1.54) is 18.2 Å². The molecule has 0 fully saturated rings. The summed E-state index contributed by atoms with van der Waals surface area (Å²) in [6, 6.07) is 9.62. The lowest BCUT2D eigenvalue weighted by molar-refractivity contribution is -0.384. The molecule has 1 heterocycles. The first-order chi connectivity index (χ1) is 10.0. The van der Waals surface area contributed by atoms with Crippen molar-refractivity contribution in [2.75, 3.05) is 0 Å². The Morgan fingerprint density at radius 2 is 2.00 bits per heavy atom. The lowest BCUT2D eigenvalue weighted by atomic mass is 10.2. The fourth-order valence-corrected chi connectivity index (χ4v) is 1.68. The van der Waals surface area contributed by atoms with Crippen LogP contribution in [-0.4, -0.2) is 10.8 Å². The van der Waals surface area contributed by atoms with Crippen molar-refractivity contribution in [1.82, 2.24) is 5.32 Å². The van der Waals surface area contributed by atoms with Gasteiger partial charge in [-0.05, 0) is 30.7 Å². The maximum atomic E-state index is 11.6. The van der Waals surface area contributed by atoms with Crippen molar-refractivity contribution < 1.29 is 14.1 Å². The zero-order chi connectivity index (χ0) is 15.2. The Morgan fingerprint density at radius 1 is 1.29 bits per heavy atom. The van der Waals surface area contributed by atoms with Crippen LogP contribution in [0.5, 0.6) is 0 Å². The van der Waals surface area contributed by atoms with Crippen LogP contribution in [0.2, 0.25) is 0 Å². The molecule has 0 unspecified atom stereocenters. The molecule has 21 heavy (non-hydrogen) atoms. The number of nitrogens with zero attached hydrogens (tertiary/aromatic N) is 1. The molecule has 0 radical (unpaired) electrons. The van der Waals surface area contributed by atoms with Crippen LogP contribution in [0.15, 0.2) is 46.9 Å². The van der Waals surface area contributed by atoms with Crippen LogP contribution in [0.1, 0.15) is 17.1 Å². The van der Waals surface area contributed by atoms with Crippen LogP contribution < -0.4 is 5.32 Å². The topological polar surface area (TPSA) is 85.4 Å². The molecule has 0 aliphatic rings. The van der Waals surface area contributed by atoms with E-state index in [1.54, 1.807) is 24.3 Å². The highest BCUT2D eigenvalue weighted by atomic mass is 16.6. The average Bonchev–Trinajstić information content (AvgIpc) is 2.89. The van der Waals surface area contributed by atoms with E-state index in [-0.39, 0.29) is 11.6 Å². The minimum Gasteiger partial charge on any atom is -0.462 e. The molecule has 2 aromatic rings. The van der Waals surface area contributed by atoms with Gasteiger partial charge in [-0.3, -0.25) is 14.9 Å². The predicted octanol–water partition coefficient (Wildman–Crippen LogP) is 2.83. The van der Waals surface area contributed by atoms with Crippen molar-refractivity contribution in [2.24, 2.45) is 0 Å². The van der Waals surface area contributed by atoms with E-state index < -0.39 is 4.92 Å². The Labute approximate surface area is 121 Å². The van der Waals surface area contributed by atoms with Crippen LogP contribution in [0, 0.1) is 17.0 Å². The molecule has 1 aromatic heterocycles. The number of hydrogen-bond acceptors (Lipinski definition) is 4. The van der Waals surface area contributed by atoms with E-state index in [9.17, 15) is 14.9 Å². The van der Waals surface area contributed by atoms with Gasteiger partial charge in [0, 0.05) is 24.8 Å². The van der Waals surface area contributed by atoms with Gasteiger partial charge in [0.1, 0.15) is 11.5 Å². The predicted molar refractivity (Wildman–Crippen MR) is 77.4 cm³/mol. The monoisotopic (exact) mass is 286 g/mol. The molecule has 2 rings (SSSR count). The summed E-state index contributed by atoms with van der Waals surface area (Å²) in [7, 11) is 0. The molecule has 1 aromatic carbocycles. The molecule has 1 N–H and O–H groups in total. The third-order valence-electron chi connectivity index (χ3n) is 2.77. The number of carbonyl (C=O) groups excluding carboxylic acids is 1. The van der Waals surface area contributed by atoms with Gasteiger partial charge in [-0.25, -0.2) is 0 Å². The molecule has 0 aliphatic heterocycles. The Morgan fingerprint density at radius 3 is 2.57 bits per heavy atom. The van der Waals surface area contributed by atoms with Crippen LogP contribution in [-0.2, 0) is 11.3 Å². The number of aryl methyl sites for hydroxylation is 1. The van der Waals surface area contributed by atoms with Crippen molar-refractivity contribution in [3.05, 3.63) is 69.7 Å². The number of furan rings is 1. The van der Waals surface area contributed by atoms with E-state index in [0.29, 0.717) is 12.3 Å². The number of amides is 1. The summed E-state index contributed by atoms with van der Waals surface area (Å²) in [5.41, 5.74) is 0.814. The van der Waals surface area contributed by atoms with Gasteiger partial charge in [-0.2, -0.15) is 0 Å². The zero-order valence-electron chi connectivity index (χ0n) is 11.4. The smallest absolute Gasteiger partial charge is 0.269 e. The number of nitro benzene ring substituents is 1. The molecular weight excluding hydrogens is 272 g/mol. The summed E-state index contributed by atoms with van der Waals surface area (Å²) < 4.78 is 5.30. The van der Waals surface area contributed by atoms with Crippen LogP contribution >= 0.6 is 0 Å². The minimum atomic E-state index is -0.462. The Hall–Kier alpha value is -2.89. The normalized spacial score (nSPS) is 10.7. The highest BCUT2D eigenvalue weighted by molar-refractivity contribution is 5.91. The number of nitro groups is 1. The lowest BCUT2D eigenvalue weighted by Gasteiger charge is -2.02. The van der Waals surface area contributed by atoms with Gasteiger partial charge in [0.15, 0.2) is 0 Å². The van der Waals surface area contributed by atoms with Gasteiger partial charge in [0.2, 0.25) is 5.91 Å². The molecule has 6 heteroatoms. The molecule has 6 nitrogen and oxygen atoms in total. The second-order valence-electron chi connectivity index (χ2n) is 4.42. The largest absolute Gasteiger partial charge is 0.462 e. The van der Waals surface area contributed by atoms with E-state index in [1.807, 2.05) is 13.0 Å². The van der Waals surface area contributed by atoms with Crippen molar-refractivity contribution in [1.29, 1.82) is 0 Å². The number of non-ortho nitro benzene ring substituents is 1. The summed E-state index contributed by atoms with van der Waals surface area (Å²) in [5, 5.41) is 13.2. The zero-order valence-corrected chi connectivity index (χ0v) is 11.4.